The van der Waals surface area contributed by atoms with E-state index < -0.39 is 0 Å². The van der Waals surface area contributed by atoms with Crippen LogP contribution in [0.5, 0.6) is 0 Å². The van der Waals surface area contributed by atoms with Gasteiger partial charge >= 0.3 is 0 Å². The monoisotopic (exact) mass is 361 g/mol. The molecule has 0 saturated heterocycles. The molecule has 0 N–H and O–H groups in total. The van der Waals surface area contributed by atoms with Gasteiger partial charge in [-0.25, -0.2) is 4.57 Å². The maximum atomic E-state index is 2.29. The van der Waals surface area contributed by atoms with Crippen LogP contribution >= 0.6 is 0 Å². The number of unbranched alkanes of at least 4 members (excludes halogenated alkanes) is 5. The SMILES string of the molecule is Cc1cc[n+](CCCCCCCCc2ccccc2)cc1.[Br-]. The van der Waals surface area contributed by atoms with Crippen molar-refractivity contribution in [1.29, 1.82) is 0 Å². The van der Waals surface area contributed by atoms with Crippen LogP contribution in [0.25, 0.3) is 0 Å². The van der Waals surface area contributed by atoms with E-state index in [4.69, 9.17) is 0 Å². The summed E-state index contributed by atoms with van der Waals surface area (Å²) in [6.07, 6.45) is 13.7. The van der Waals surface area contributed by atoms with Gasteiger partial charge < -0.3 is 17.0 Å². The molecule has 1 heterocycles. The van der Waals surface area contributed by atoms with Gasteiger partial charge in [-0.1, -0.05) is 49.6 Å². The van der Waals surface area contributed by atoms with E-state index in [1.807, 2.05) is 0 Å². The third-order valence-corrected chi connectivity index (χ3v) is 4.03. The Morgan fingerprint density at radius 3 is 2.00 bits per heavy atom. The maximum Gasteiger partial charge on any atom is 0.169 e. The van der Waals surface area contributed by atoms with Crippen molar-refractivity contribution in [3.63, 3.8) is 0 Å². The molecule has 0 fully saturated rings. The fraction of sp³-hybridized carbons (Fsp3) is 0.450. The van der Waals surface area contributed by atoms with Crippen LogP contribution in [0.3, 0.4) is 0 Å². The van der Waals surface area contributed by atoms with Crippen molar-refractivity contribution in [2.75, 3.05) is 0 Å². The first-order valence-corrected chi connectivity index (χ1v) is 8.34. The molecule has 1 aromatic heterocycles. The van der Waals surface area contributed by atoms with Gasteiger partial charge in [0.1, 0.15) is 6.54 Å². The molecule has 0 radical (unpaired) electrons. The minimum absolute atomic E-state index is 0. The second-order valence-electron chi connectivity index (χ2n) is 5.97. The normalized spacial score (nSPS) is 10.2. The molecule has 0 bridgehead atoms. The van der Waals surface area contributed by atoms with Crippen molar-refractivity contribution in [2.24, 2.45) is 0 Å². The van der Waals surface area contributed by atoms with Gasteiger partial charge in [0.05, 0.1) is 0 Å². The number of aromatic nitrogens is 1. The first-order valence-electron chi connectivity index (χ1n) is 8.34. The molecule has 0 unspecified atom stereocenters. The van der Waals surface area contributed by atoms with Gasteiger partial charge in [-0.3, -0.25) is 0 Å². The number of pyridine rings is 1. The predicted molar refractivity (Wildman–Crippen MR) is 89.2 cm³/mol. The molecule has 1 nitrogen and oxygen atoms in total. The van der Waals surface area contributed by atoms with Crippen molar-refractivity contribution in [3.8, 4) is 0 Å². The Balaban J connectivity index is 0.00000242. The van der Waals surface area contributed by atoms with Gasteiger partial charge in [-0.15, -0.1) is 0 Å². The van der Waals surface area contributed by atoms with E-state index in [1.54, 1.807) is 0 Å². The Bertz CT molecular complexity index is 493. The zero-order chi connectivity index (χ0) is 14.8. The summed E-state index contributed by atoms with van der Waals surface area (Å²) in [4.78, 5) is 0. The van der Waals surface area contributed by atoms with Crippen molar-refractivity contribution in [1.82, 2.24) is 0 Å². The van der Waals surface area contributed by atoms with E-state index in [1.165, 1.54) is 56.1 Å². The lowest BCUT2D eigenvalue weighted by Crippen LogP contribution is -3.00. The van der Waals surface area contributed by atoms with Gasteiger partial charge in [-0.2, -0.15) is 0 Å². The lowest BCUT2D eigenvalue weighted by Gasteiger charge is -2.02. The summed E-state index contributed by atoms with van der Waals surface area (Å²) in [5, 5.41) is 0. The Morgan fingerprint density at radius 2 is 1.32 bits per heavy atom. The highest BCUT2D eigenvalue weighted by Gasteiger charge is 1.99. The largest absolute Gasteiger partial charge is 1.00 e. The van der Waals surface area contributed by atoms with Crippen molar-refractivity contribution in [2.45, 2.75) is 58.4 Å². The first-order chi connectivity index (χ1) is 10.3. The minimum Gasteiger partial charge on any atom is -1.00 e. The van der Waals surface area contributed by atoms with E-state index >= 15 is 0 Å². The number of hydrogen-bond donors (Lipinski definition) is 0. The quantitative estimate of drug-likeness (QED) is 0.474. The Kier molecular flexibility index (Phi) is 9.81. The second-order valence-corrected chi connectivity index (χ2v) is 5.97. The molecule has 1 aromatic carbocycles. The van der Waals surface area contributed by atoms with Crippen molar-refractivity contribution >= 4 is 0 Å². The number of nitrogens with zero attached hydrogens (tertiary/aromatic N) is 1. The molecule has 0 aliphatic heterocycles. The number of aryl methyl sites for hydroxylation is 3. The Morgan fingerprint density at radius 1 is 0.727 bits per heavy atom. The lowest BCUT2D eigenvalue weighted by atomic mass is 10.1. The van der Waals surface area contributed by atoms with Gasteiger partial charge in [-0.05, 0) is 37.3 Å². The summed E-state index contributed by atoms with van der Waals surface area (Å²) in [5.74, 6) is 0. The van der Waals surface area contributed by atoms with Crippen LogP contribution in [0, 0.1) is 6.92 Å². The molecule has 22 heavy (non-hydrogen) atoms. The summed E-state index contributed by atoms with van der Waals surface area (Å²) < 4.78 is 2.29. The van der Waals surface area contributed by atoms with Crippen molar-refractivity contribution < 1.29 is 21.5 Å². The van der Waals surface area contributed by atoms with Gasteiger partial charge in [0.2, 0.25) is 0 Å². The van der Waals surface area contributed by atoms with Crippen LogP contribution in [0.2, 0.25) is 0 Å². The van der Waals surface area contributed by atoms with E-state index in [2.05, 4.69) is 66.3 Å². The van der Waals surface area contributed by atoms with Crippen molar-refractivity contribution in [3.05, 3.63) is 66.0 Å². The molecule has 2 aromatic rings. The fourth-order valence-electron chi connectivity index (χ4n) is 2.66. The van der Waals surface area contributed by atoms with Crippen LogP contribution in [0.15, 0.2) is 54.9 Å². The van der Waals surface area contributed by atoms with Crippen LogP contribution in [-0.4, -0.2) is 0 Å². The number of benzene rings is 1. The van der Waals surface area contributed by atoms with Gasteiger partial charge in [0.15, 0.2) is 12.4 Å². The third kappa shape index (κ3) is 7.74. The van der Waals surface area contributed by atoms with Crippen LogP contribution in [0.1, 0.15) is 49.7 Å². The molecule has 0 amide bonds. The average molecular weight is 362 g/mol. The Hall–Kier alpha value is -1.15. The smallest absolute Gasteiger partial charge is 0.169 e. The zero-order valence-corrected chi connectivity index (χ0v) is 15.3. The standard InChI is InChI=1S/C20H28N.BrH/c1-19-14-17-21(18-15-19)16-10-5-3-2-4-7-11-20-12-8-6-9-13-20;/h6,8-9,12-15,17-18H,2-5,7,10-11,16H2,1H3;1H/q+1;/p-1. The third-order valence-electron chi connectivity index (χ3n) is 4.03. The Labute approximate surface area is 146 Å². The molecular formula is C20H28BrN. The summed E-state index contributed by atoms with van der Waals surface area (Å²) in [6, 6.07) is 15.2. The number of rotatable bonds is 9. The second kappa shape index (κ2) is 11.4. The summed E-state index contributed by atoms with van der Waals surface area (Å²) in [7, 11) is 0. The number of hydrogen-bond acceptors (Lipinski definition) is 0. The predicted octanol–water partition coefficient (Wildman–Crippen LogP) is 1.87. The zero-order valence-electron chi connectivity index (χ0n) is 13.7. The highest BCUT2D eigenvalue weighted by atomic mass is 79.9. The van der Waals surface area contributed by atoms with E-state index in [0.717, 1.165) is 6.54 Å². The minimum atomic E-state index is 0. The van der Waals surface area contributed by atoms with Crippen LogP contribution in [0.4, 0.5) is 0 Å². The lowest BCUT2D eigenvalue weighted by molar-refractivity contribution is -0.697. The molecule has 0 spiro atoms. The molecule has 120 valence electrons. The van der Waals surface area contributed by atoms with Crippen LogP contribution in [-0.2, 0) is 13.0 Å². The molecule has 0 aliphatic carbocycles. The maximum absolute atomic E-state index is 2.29. The van der Waals surface area contributed by atoms with Crippen LogP contribution < -0.4 is 21.5 Å². The summed E-state index contributed by atoms with van der Waals surface area (Å²) in [5.41, 5.74) is 2.82. The van der Waals surface area contributed by atoms with E-state index in [-0.39, 0.29) is 17.0 Å². The van der Waals surface area contributed by atoms with Gasteiger partial charge in [0.25, 0.3) is 0 Å². The molecule has 0 atom stereocenters. The topological polar surface area (TPSA) is 3.88 Å². The molecule has 2 rings (SSSR count). The molecule has 2 heteroatoms. The average Bonchev–Trinajstić information content (AvgIpc) is 2.53. The van der Waals surface area contributed by atoms with Gasteiger partial charge in [0, 0.05) is 18.6 Å². The highest BCUT2D eigenvalue weighted by molar-refractivity contribution is 5.14. The van der Waals surface area contributed by atoms with E-state index in [9.17, 15) is 0 Å². The molecular weight excluding hydrogens is 334 g/mol. The fourth-order valence-corrected chi connectivity index (χ4v) is 2.66. The first kappa shape index (κ1) is 18.9. The summed E-state index contributed by atoms with van der Waals surface area (Å²) >= 11 is 0. The highest BCUT2D eigenvalue weighted by Crippen LogP contribution is 2.09. The van der Waals surface area contributed by atoms with E-state index in [0.29, 0.717) is 0 Å². The summed E-state index contributed by atoms with van der Waals surface area (Å²) in [6.45, 7) is 3.30. The number of halogens is 1. The molecule has 0 aliphatic rings. The molecule has 0 saturated carbocycles.